The minimum Gasteiger partial charge on any atom is -0.462 e. The van der Waals surface area contributed by atoms with Crippen LogP contribution in [0.15, 0.2) is 77.5 Å². The smallest absolute Gasteiger partial charge is 0.338 e. The van der Waals surface area contributed by atoms with Crippen LogP contribution < -0.4 is 15.5 Å². The molecule has 0 saturated carbocycles. The summed E-state index contributed by atoms with van der Waals surface area (Å²) < 4.78 is 5.14. The van der Waals surface area contributed by atoms with Gasteiger partial charge in [0.15, 0.2) is 0 Å². The van der Waals surface area contributed by atoms with Crippen molar-refractivity contribution in [3.63, 3.8) is 0 Å². The number of esters is 1. The van der Waals surface area contributed by atoms with E-state index in [1.54, 1.807) is 30.3 Å². The summed E-state index contributed by atoms with van der Waals surface area (Å²) in [6, 6.07) is 18.2. The highest BCUT2D eigenvalue weighted by Crippen LogP contribution is 2.31. The van der Waals surface area contributed by atoms with E-state index >= 15 is 0 Å². The Labute approximate surface area is 225 Å². The summed E-state index contributed by atoms with van der Waals surface area (Å²) in [5, 5.41) is 5.47. The highest BCUT2D eigenvalue weighted by atomic mass is 35.5. The molecule has 1 aliphatic heterocycles. The number of ether oxygens (including phenoxy) is 1. The molecule has 1 aliphatic rings. The Morgan fingerprint density at radius 1 is 0.921 bits per heavy atom. The fraction of sp³-hybridized carbons (Fsp3) is 0.172. The second kappa shape index (κ2) is 11.3. The van der Waals surface area contributed by atoms with Crippen LogP contribution in [0.1, 0.15) is 45.2 Å². The molecule has 9 heteroatoms. The van der Waals surface area contributed by atoms with Crippen LogP contribution in [0.3, 0.4) is 0 Å². The molecular formula is C29H26ClN3O5. The van der Waals surface area contributed by atoms with Gasteiger partial charge in [0.05, 0.1) is 17.9 Å². The van der Waals surface area contributed by atoms with Crippen molar-refractivity contribution < 1.29 is 23.9 Å². The van der Waals surface area contributed by atoms with Crippen LogP contribution in [0, 0.1) is 13.8 Å². The van der Waals surface area contributed by atoms with E-state index in [0.29, 0.717) is 23.4 Å². The van der Waals surface area contributed by atoms with Crippen LogP contribution >= 0.6 is 11.6 Å². The van der Waals surface area contributed by atoms with Gasteiger partial charge in [-0.2, -0.15) is 0 Å². The van der Waals surface area contributed by atoms with E-state index in [9.17, 15) is 19.2 Å². The topological polar surface area (TPSA) is 105 Å². The van der Waals surface area contributed by atoms with Crippen molar-refractivity contribution in [3.8, 4) is 0 Å². The first-order chi connectivity index (χ1) is 18.2. The molecule has 3 aromatic carbocycles. The van der Waals surface area contributed by atoms with Gasteiger partial charge in [-0.15, -0.1) is 0 Å². The van der Waals surface area contributed by atoms with E-state index in [1.807, 2.05) is 39.0 Å². The summed E-state index contributed by atoms with van der Waals surface area (Å²) >= 11 is 6.26. The van der Waals surface area contributed by atoms with Crippen molar-refractivity contribution in [2.45, 2.75) is 27.2 Å². The van der Waals surface area contributed by atoms with Crippen LogP contribution in [0.4, 0.5) is 17.1 Å². The Morgan fingerprint density at radius 2 is 1.63 bits per heavy atom. The van der Waals surface area contributed by atoms with Crippen molar-refractivity contribution >= 4 is 52.4 Å². The van der Waals surface area contributed by atoms with Crippen molar-refractivity contribution in [2.75, 3.05) is 22.1 Å². The first-order valence-electron chi connectivity index (χ1n) is 12.0. The Kier molecular flexibility index (Phi) is 7.93. The molecule has 1 heterocycles. The minimum atomic E-state index is -0.734. The standard InChI is InChI=1S/C29H26ClN3O5/c1-4-14-38-29(37)20-10-7-12-22(16-20)33-27(35)24(30)25(28(33)36)31-21-11-6-9-19(15-21)26(34)32-23-13-5-8-17(2)18(23)3/h5-13,15-16,31H,4,14H2,1-3H3,(H,32,34). The molecule has 2 N–H and O–H groups in total. The molecule has 0 saturated heterocycles. The van der Waals surface area contributed by atoms with Gasteiger partial charge in [-0.05, 0) is 73.9 Å². The zero-order valence-corrected chi connectivity index (χ0v) is 21.9. The van der Waals surface area contributed by atoms with Gasteiger partial charge in [-0.1, -0.05) is 42.8 Å². The number of aryl methyl sites for hydroxylation is 1. The largest absolute Gasteiger partial charge is 0.462 e. The van der Waals surface area contributed by atoms with Gasteiger partial charge in [0, 0.05) is 16.9 Å². The van der Waals surface area contributed by atoms with Gasteiger partial charge in [0.25, 0.3) is 17.7 Å². The first kappa shape index (κ1) is 26.6. The molecule has 0 fully saturated rings. The van der Waals surface area contributed by atoms with E-state index in [-0.39, 0.29) is 34.5 Å². The van der Waals surface area contributed by atoms with E-state index in [1.165, 1.54) is 18.2 Å². The molecule has 0 aliphatic carbocycles. The summed E-state index contributed by atoms with van der Waals surface area (Å²) in [5.74, 6) is -2.31. The number of halogens is 1. The highest BCUT2D eigenvalue weighted by Gasteiger charge is 2.39. The Balaban J connectivity index is 1.53. The number of benzene rings is 3. The maximum atomic E-state index is 13.2. The number of hydrogen-bond donors (Lipinski definition) is 2. The van der Waals surface area contributed by atoms with Gasteiger partial charge in [0.2, 0.25) is 0 Å². The summed E-state index contributed by atoms with van der Waals surface area (Å²) in [6.07, 6.45) is 0.664. The molecule has 38 heavy (non-hydrogen) atoms. The van der Waals surface area contributed by atoms with Crippen LogP contribution in [0.2, 0.25) is 0 Å². The zero-order valence-electron chi connectivity index (χ0n) is 21.1. The maximum absolute atomic E-state index is 13.2. The van der Waals surface area contributed by atoms with Gasteiger partial charge in [-0.25, -0.2) is 9.69 Å². The molecule has 3 aromatic rings. The highest BCUT2D eigenvalue weighted by molar-refractivity contribution is 6.53. The van der Waals surface area contributed by atoms with E-state index in [2.05, 4.69) is 10.6 Å². The fourth-order valence-corrected chi connectivity index (χ4v) is 4.07. The number of carbonyl (C=O) groups excluding carboxylic acids is 4. The second-order valence-corrected chi connectivity index (χ2v) is 9.11. The number of anilines is 3. The Morgan fingerprint density at radius 3 is 2.39 bits per heavy atom. The molecule has 0 bridgehead atoms. The number of nitrogens with zero attached hydrogens (tertiary/aromatic N) is 1. The quantitative estimate of drug-likeness (QED) is 0.291. The summed E-state index contributed by atoms with van der Waals surface area (Å²) in [4.78, 5) is 52.2. The van der Waals surface area contributed by atoms with Gasteiger partial charge in [-0.3, -0.25) is 14.4 Å². The van der Waals surface area contributed by atoms with Gasteiger partial charge >= 0.3 is 5.97 Å². The number of imide groups is 1. The monoisotopic (exact) mass is 531 g/mol. The molecular weight excluding hydrogens is 506 g/mol. The number of rotatable bonds is 8. The third-order valence-electron chi connectivity index (χ3n) is 6.05. The van der Waals surface area contributed by atoms with Crippen LogP contribution in [-0.4, -0.2) is 30.3 Å². The van der Waals surface area contributed by atoms with Gasteiger partial charge in [0.1, 0.15) is 10.7 Å². The fourth-order valence-electron chi connectivity index (χ4n) is 3.86. The van der Waals surface area contributed by atoms with Crippen molar-refractivity contribution in [1.29, 1.82) is 0 Å². The molecule has 0 unspecified atom stereocenters. The van der Waals surface area contributed by atoms with Crippen LogP contribution in [0.5, 0.6) is 0 Å². The van der Waals surface area contributed by atoms with E-state index < -0.39 is 17.8 Å². The average Bonchev–Trinajstić information content (AvgIpc) is 3.13. The molecule has 194 valence electrons. The second-order valence-electron chi connectivity index (χ2n) is 8.73. The molecule has 3 amide bonds. The van der Waals surface area contributed by atoms with Crippen molar-refractivity contribution in [3.05, 3.63) is 99.7 Å². The molecule has 8 nitrogen and oxygen atoms in total. The lowest BCUT2D eigenvalue weighted by Crippen LogP contribution is -2.32. The van der Waals surface area contributed by atoms with Crippen LogP contribution in [0.25, 0.3) is 0 Å². The molecule has 0 spiro atoms. The van der Waals surface area contributed by atoms with Crippen molar-refractivity contribution in [2.24, 2.45) is 0 Å². The minimum absolute atomic E-state index is 0.136. The molecule has 4 rings (SSSR count). The van der Waals surface area contributed by atoms with Crippen molar-refractivity contribution in [1.82, 2.24) is 0 Å². The zero-order chi connectivity index (χ0) is 27.4. The number of carbonyl (C=O) groups is 4. The predicted octanol–water partition coefficient (Wildman–Crippen LogP) is 5.56. The SMILES string of the molecule is CCCOC(=O)c1cccc(N2C(=O)C(Cl)=C(Nc3cccc(C(=O)Nc4cccc(C)c4C)c3)C2=O)c1. The third kappa shape index (κ3) is 5.45. The number of amides is 3. The summed E-state index contributed by atoms with van der Waals surface area (Å²) in [5.41, 5.74) is 3.71. The summed E-state index contributed by atoms with van der Waals surface area (Å²) in [6.45, 7) is 6.02. The van der Waals surface area contributed by atoms with E-state index in [4.69, 9.17) is 16.3 Å². The molecule has 0 radical (unpaired) electrons. The normalized spacial score (nSPS) is 13.1. The molecule has 0 atom stereocenters. The third-order valence-corrected chi connectivity index (χ3v) is 6.40. The van der Waals surface area contributed by atoms with E-state index in [0.717, 1.165) is 16.0 Å². The number of hydrogen-bond acceptors (Lipinski definition) is 6. The van der Waals surface area contributed by atoms with Gasteiger partial charge < -0.3 is 15.4 Å². The lowest BCUT2D eigenvalue weighted by molar-refractivity contribution is -0.120. The summed E-state index contributed by atoms with van der Waals surface area (Å²) in [7, 11) is 0. The lowest BCUT2D eigenvalue weighted by atomic mass is 10.1. The first-order valence-corrected chi connectivity index (χ1v) is 12.4. The number of nitrogens with one attached hydrogen (secondary N) is 2. The maximum Gasteiger partial charge on any atom is 0.338 e. The predicted molar refractivity (Wildman–Crippen MR) is 146 cm³/mol. The average molecular weight is 532 g/mol. The Bertz CT molecular complexity index is 1480. The Hall–Kier alpha value is -4.43. The van der Waals surface area contributed by atoms with Crippen LogP contribution in [-0.2, 0) is 14.3 Å². The lowest BCUT2D eigenvalue weighted by Gasteiger charge is -2.16. The molecule has 0 aromatic heterocycles.